The summed E-state index contributed by atoms with van der Waals surface area (Å²) in [7, 11) is 0. The Hall–Kier alpha value is -1.18. The van der Waals surface area contributed by atoms with Gasteiger partial charge in [-0.3, -0.25) is 4.79 Å². The molecule has 0 unspecified atom stereocenters. The van der Waals surface area contributed by atoms with Crippen LogP contribution in [0.1, 0.15) is 19.3 Å². The van der Waals surface area contributed by atoms with Gasteiger partial charge in [-0.15, -0.1) is 12.3 Å². The molecule has 1 amide bonds. The smallest absolute Gasteiger partial charge is 0.355 e. The number of nitrogens with one attached hydrogen (secondary N) is 1. The van der Waals surface area contributed by atoms with Gasteiger partial charge in [-0.05, 0) is 0 Å². The van der Waals surface area contributed by atoms with Crippen LogP contribution in [-0.2, 0) is 4.79 Å². The first-order valence-electron chi connectivity index (χ1n) is 3.72. The van der Waals surface area contributed by atoms with E-state index in [0.717, 1.165) is 0 Å². The summed E-state index contributed by atoms with van der Waals surface area (Å²) in [6, 6.07) is 0. The fraction of sp³-hybridized carbons (Fsp3) is 0.625. The van der Waals surface area contributed by atoms with Crippen molar-refractivity contribution < 1.29 is 18.0 Å². The largest absolute Gasteiger partial charge is 0.389 e. The van der Waals surface area contributed by atoms with Crippen molar-refractivity contribution in [1.29, 1.82) is 0 Å². The van der Waals surface area contributed by atoms with Gasteiger partial charge < -0.3 is 5.32 Å². The zero-order valence-corrected chi connectivity index (χ0v) is 6.95. The van der Waals surface area contributed by atoms with Crippen LogP contribution < -0.4 is 5.32 Å². The van der Waals surface area contributed by atoms with E-state index in [-0.39, 0.29) is 6.54 Å². The maximum absolute atomic E-state index is 11.6. The molecule has 0 saturated heterocycles. The van der Waals surface area contributed by atoms with E-state index in [1.54, 1.807) is 0 Å². The number of rotatable bonds is 4. The Labute approximate surface area is 74.5 Å². The van der Waals surface area contributed by atoms with Gasteiger partial charge in [0.2, 0.25) is 5.91 Å². The number of carbonyl (C=O) groups excluding carboxylic acids is 1. The summed E-state index contributed by atoms with van der Waals surface area (Å²) < 4.78 is 34.8. The molecule has 0 aliphatic rings. The zero-order chi connectivity index (χ0) is 10.3. The van der Waals surface area contributed by atoms with Crippen LogP contribution in [0.4, 0.5) is 13.2 Å². The van der Waals surface area contributed by atoms with Crippen molar-refractivity contribution in [3.8, 4) is 12.3 Å². The Morgan fingerprint density at radius 2 is 2.08 bits per heavy atom. The Balaban J connectivity index is 3.48. The number of hydrogen-bond acceptors (Lipinski definition) is 1. The molecule has 0 atom stereocenters. The molecule has 0 aliphatic carbocycles. The van der Waals surface area contributed by atoms with E-state index in [1.165, 1.54) is 0 Å². The highest BCUT2D eigenvalue weighted by atomic mass is 19.4. The predicted octanol–water partition coefficient (Wildman–Crippen LogP) is 1.47. The summed E-state index contributed by atoms with van der Waals surface area (Å²) in [5, 5.41) is 2.27. The van der Waals surface area contributed by atoms with Gasteiger partial charge in [0.05, 0.1) is 6.42 Å². The summed E-state index contributed by atoms with van der Waals surface area (Å²) in [4.78, 5) is 10.7. The monoisotopic (exact) mass is 193 g/mol. The van der Waals surface area contributed by atoms with Crippen LogP contribution in [-0.4, -0.2) is 18.6 Å². The van der Waals surface area contributed by atoms with Crippen molar-refractivity contribution in [3.05, 3.63) is 0 Å². The molecule has 0 aliphatic heterocycles. The predicted molar refractivity (Wildman–Crippen MR) is 41.7 cm³/mol. The highest BCUT2D eigenvalue weighted by molar-refractivity contribution is 5.75. The van der Waals surface area contributed by atoms with Gasteiger partial charge in [0, 0.05) is 19.4 Å². The fourth-order valence-corrected chi connectivity index (χ4v) is 0.618. The first-order valence-corrected chi connectivity index (χ1v) is 3.72. The molecule has 0 aromatic rings. The molecule has 74 valence electrons. The average molecular weight is 193 g/mol. The number of carbonyl (C=O) groups is 1. The molecule has 0 fully saturated rings. The topological polar surface area (TPSA) is 29.1 Å². The molecular formula is C8H10F3NO. The molecule has 0 saturated carbocycles. The normalized spacial score (nSPS) is 10.6. The average Bonchev–Trinajstić information content (AvgIpc) is 2.00. The summed E-state index contributed by atoms with van der Waals surface area (Å²) in [6.45, 7) is 0.229. The minimum atomic E-state index is -4.27. The van der Waals surface area contributed by atoms with Crippen molar-refractivity contribution in [2.24, 2.45) is 0 Å². The molecule has 0 radical (unpaired) electrons. The zero-order valence-electron chi connectivity index (χ0n) is 6.95. The fourth-order valence-electron chi connectivity index (χ4n) is 0.618. The van der Waals surface area contributed by atoms with Crippen LogP contribution in [0.2, 0.25) is 0 Å². The lowest BCUT2D eigenvalue weighted by molar-refractivity contribution is -0.144. The Kier molecular flexibility index (Phi) is 4.97. The third kappa shape index (κ3) is 8.73. The lowest BCUT2D eigenvalue weighted by Gasteiger charge is -2.05. The number of terminal acetylenes is 1. The number of alkyl halides is 3. The van der Waals surface area contributed by atoms with E-state index in [1.807, 2.05) is 0 Å². The van der Waals surface area contributed by atoms with Crippen LogP contribution in [0.25, 0.3) is 0 Å². The van der Waals surface area contributed by atoms with Gasteiger partial charge in [0.1, 0.15) is 0 Å². The van der Waals surface area contributed by atoms with E-state index in [4.69, 9.17) is 6.42 Å². The molecule has 5 heteroatoms. The quantitative estimate of drug-likeness (QED) is 0.531. The number of halogens is 3. The first kappa shape index (κ1) is 11.8. The summed E-state index contributed by atoms with van der Waals surface area (Å²) in [5.74, 6) is 1.64. The lowest BCUT2D eigenvalue weighted by Crippen LogP contribution is -2.25. The Morgan fingerprint density at radius 1 is 1.46 bits per heavy atom. The number of hydrogen-bond donors (Lipinski definition) is 1. The third-order valence-electron chi connectivity index (χ3n) is 1.23. The van der Waals surface area contributed by atoms with E-state index < -0.39 is 24.9 Å². The molecule has 0 bridgehead atoms. The molecular weight excluding hydrogens is 183 g/mol. The standard InChI is InChI=1S/C8H10F3NO/c1-2-3-6-12-7(13)4-5-8(9,10)11/h1H,3-6H2,(H,12,13). The van der Waals surface area contributed by atoms with Gasteiger partial charge in [-0.25, -0.2) is 0 Å². The van der Waals surface area contributed by atoms with Gasteiger partial charge in [0.15, 0.2) is 0 Å². The second-order valence-corrected chi connectivity index (χ2v) is 2.42. The van der Waals surface area contributed by atoms with Crippen molar-refractivity contribution in [2.75, 3.05) is 6.54 Å². The molecule has 13 heavy (non-hydrogen) atoms. The molecule has 2 nitrogen and oxygen atoms in total. The van der Waals surface area contributed by atoms with Crippen LogP contribution in [0, 0.1) is 12.3 Å². The Morgan fingerprint density at radius 3 is 2.54 bits per heavy atom. The van der Waals surface area contributed by atoms with Crippen LogP contribution >= 0.6 is 0 Å². The van der Waals surface area contributed by atoms with Crippen LogP contribution in [0.15, 0.2) is 0 Å². The Bertz CT molecular complexity index is 204. The molecule has 0 spiro atoms. The van der Waals surface area contributed by atoms with Gasteiger partial charge in [-0.2, -0.15) is 13.2 Å². The van der Waals surface area contributed by atoms with E-state index in [0.29, 0.717) is 6.42 Å². The summed E-state index contributed by atoms with van der Waals surface area (Å²) in [5.41, 5.74) is 0. The van der Waals surface area contributed by atoms with Gasteiger partial charge >= 0.3 is 6.18 Å². The van der Waals surface area contributed by atoms with Crippen LogP contribution in [0.5, 0.6) is 0 Å². The summed E-state index contributed by atoms with van der Waals surface area (Å²) >= 11 is 0. The van der Waals surface area contributed by atoms with Crippen molar-refractivity contribution in [2.45, 2.75) is 25.4 Å². The lowest BCUT2D eigenvalue weighted by atomic mass is 10.3. The maximum atomic E-state index is 11.6. The van der Waals surface area contributed by atoms with E-state index in [2.05, 4.69) is 11.2 Å². The minimum absolute atomic E-state index is 0.229. The minimum Gasteiger partial charge on any atom is -0.355 e. The molecule has 1 N–H and O–H groups in total. The SMILES string of the molecule is C#CCCNC(=O)CCC(F)(F)F. The maximum Gasteiger partial charge on any atom is 0.389 e. The molecule has 0 aromatic heterocycles. The molecule has 0 rings (SSSR count). The third-order valence-corrected chi connectivity index (χ3v) is 1.23. The van der Waals surface area contributed by atoms with Gasteiger partial charge in [-0.1, -0.05) is 0 Å². The first-order chi connectivity index (χ1) is 5.95. The van der Waals surface area contributed by atoms with Crippen molar-refractivity contribution in [3.63, 3.8) is 0 Å². The molecule has 0 heterocycles. The van der Waals surface area contributed by atoms with Gasteiger partial charge in [0.25, 0.3) is 0 Å². The van der Waals surface area contributed by atoms with Crippen molar-refractivity contribution >= 4 is 5.91 Å². The van der Waals surface area contributed by atoms with E-state index >= 15 is 0 Å². The summed E-state index contributed by atoms with van der Waals surface area (Å²) in [6.07, 6.45) is -0.689. The highest BCUT2D eigenvalue weighted by Gasteiger charge is 2.27. The second kappa shape index (κ2) is 5.46. The number of amides is 1. The van der Waals surface area contributed by atoms with E-state index in [9.17, 15) is 18.0 Å². The highest BCUT2D eigenvalue weighted by Crippen LogP contribution is 2.20. The molecule has 0 aromatic carbocycles. The van der Waals surface area contributed by atoms with Crippen LogP contribution in [0.3, 0.4) is 0 Å². The second-order valence-electron chi connectivity index (χ2n) is 2.42. The van der Waals surface area contributed by atoms with Crippen molar-refractivity contribution in [1.82, 2.24) is 5.32 Å².